The standard InChI is InChI=1S/C25H25F3N4O4S/c1-16-4-3-9-29-23(16)32-11-10-31(15-22(32)33)14-19-7-8-21(37-19)24(34)30-13-17-5-6-18(35-2)12-20(17)36-25(26,27)28/h3-9,12H,10-11,13-15H2,1-2H3,(H,30,34). The number of methoxy groups -OCH3 is 1. The van der Waals surface area contributed by atoms with Crippen LogP contribution in [0.1, 0.15) is 25.7 Å². The fraction of sp³-hybridized carbons (Fsp3) is 0.320. The molecule has 0 radical (unpaired) electrons. The average molecular weight is 535 g/mol. The average Bonchev–Trinajstić information content (AvgIpc) is 3.31. The SMILES string of the molecule is COc1ccc(CNC(=O)c2ccc(CN3CCN(c4ncccc4C)C(=O)C3)s2)c(OC(F)(F)F)c1. The summed E-state index contributed by atoms with van der Waals surface area (Å²) in [7, 11) is 1.33. The molecule has 1 N–H and O–H groups in total. The highest BCUT2D eigenvalue weighted by Crippen LogP contribution is 2.30. The number of thiophene rings is 1. The molecule has 1 fully saturated rings. The second-order valence-electron chi connectivity index (χ2n) is 8.37. The van der Waals surface area contributed by atoms with Gasteiger partial charge in [-0.15, -0.1) is 24.5 Å². The number of hydrogen-bond acceptors (Lipinski definition) is 7. The van der Waals surface area contributed by atoms with Crippen LogP contribution in [0.5, 0.6) is 11.5 Å². The Labute approximate surface area is 215 Å². The number of piperazine rings is 1. The van der Waals surface area contributed by atoms with Crippen molar-refractivity contribution < 1.29 is 32.2 Å². The van der Waals surface area contributed by atoms with E-state index in [0.717, 1.165) is 16.5 Å². The maximum atomic E-state index is 12.8. The van der Waals surface area contributed by atoms with Gasteiger partial charge in [0, 0.05) is 48.9 Å². The Morgan fingerprint density at radius 1 is 1.19 bits per heavy atom. The number of ether oxygens (including phenoxy) is 2. The quantitative estimate of drug-likeness (QED) is 0.468. The van der Waals surface area contributed by atoms with Crippen molar-refractivity contribution in [2.45, 2.75) is 26.4 Å². The van der Waals surface area contributed by atoms with E-state index >= 15 is 0 Å². The van der Waals surface area contributed by atoms with Gasteiger partial charge in [-0.3, -0.25) is 19.4 Å². The van der Waals surface area contributed by atoms with Crippen LogP contribution in [0.25, 0.3) is 0 Å². The number of aryl methyl sites for hydroxylation is 1. The van der Waals surface area contributed by atoms with Crippen molar-refractivity contribution >= 4 is 29.0 Å². The van der Waals surface area contributed by atoms with Crippen LogP contribution >= 0.6 is 11.3 Å². The number of hydrogen-bond donors (Lipinski definition) is 1. The predicted octanol–water partition coefficient (Wildman–Crippen LogP) is 4.14. The van der Waals surface area contributed by atoms with Gasteiger partial charge in [-0.1, -0.05) is 6.07 Å². The summed E-state index contributed by atoms with van der Waals surface area (Å²) >= 11 is 1.27. The molecule has 2 aromatic heterocycles. The molecule has 196 valence electrons. The molecule has 2 amide bonds. The summed E-state index contributed by atoms with van der Waals surface area (Å²) in [6, 6.07) is 11.2. The topological polar surface area (TPSA) is 84.0 Å². The van der Waals surface area contributed by atoms with Crippen LogP contribution in [0.4, 0.5) is 19.0 Å². The molecule has 3 aromatic rings. The van der Waals surface area contributed by atoms with Gasteiger partial charge in [0.05, 0.1) is 18.5 Å². The third-order valence-electron chi connectivity index (χ3n) is 5.74. The number of nitrogens with zero attached hydrogens (tertiary/aromatic N) is 3. The molecule has 8 nitrogen and oxygen atoms in total. The second-order valence-corrected chi connectivity index (χ2v) is 9.54. The molecule has 0 spiro atoms. The van der Waals surface area contributed by atoms with Crippen molar-refractivity contribution in [2.24, 2.45) is 0 Å². The number of anilines is 1. The number of pyridine rings is 1. The largest absolute Gasteiger partial charge is 0.573 e. The lowest BCUT2D eigenvalue weighted by atomic mass is 10.2. The Morgan fingerprint density at radius 3 is 2.70 bits per heavy atom. The lowest BCUT2D eigenvalue weighted by Gasteiger charge is -2.34. The number of carbonyl (C=O) groups excluding carboxylic acids is 2. The van der Waals surface area contributed by atoms with Gasteiger partial charge in [-0.05, 0) is 42.8 Å². The summed E-state index contributed by atoms with van der Waals surface area (Å²) in [6.07, 6.45) is -3.21. The van der Waals surface area contributed by atoms with Gasteiger partial charge in [0.1, 0.15) is 17.3 Å². The Hall–Kier alpha value is -3.64. The minimum absolute atomic E-state index is 0.0426. The minimum Gasteiger partial charge on any atom is -0.497 e. The zero-order valence-corrected chi connectivity index (χ0v) is 21.0. The Morgan fingerprint density at radius 2 is 2.00 bits per heavy atom. The number of aromatic nitrogens is 1. The fourth-order valence-electron chi connectivity index (χ4n) is 3.94. The molecule has 3 heterocycles. The van der Waals surface area contributed by atoms with Crippen molar-refractivity contribution in [3.8, 4) is 11.5 Å². The predicted molar refractivity (Wildman–Crippen MR) is 132 cm³/mol. The number of halogens is 3. The number of amides is 2. The van der Waals surface area contributed by atoms with Gasteiger partial charge in [0.25, 0.3) is 5.91 Å². The van der Waals surface area contributed by atoms with E-state index in [0.29, 0.717) is 30.3 Å². The van der Waals surface area contributed by atoms with Crippen LogP contribution in [0, 0.1) is 6.92 Å². The van der Waals surface area contributed by atoms with Gasteiger partial charge in [-0.25, -0.2) is 4.98 Å². The Bertz CT molecular complexity index is 1280. The highest BCUT2D eigenvalue weighted by Gasteiger charge is 2.32. The number of nitrogens with one attached hydrogen (secondary N) is 1. The number of alkyl halides is 3. The molecule has 1 saturated heterocycles. The van der Waals surface area contributed by atoms with E-state index in [1.165, 1.54) is 30.6 Å². The molecule has 0 bridgehead atoms. The summed E-state index contributed by atoms with van der Waals surface area (Å²) in [4.78, 5) is 34.7. The van der Waals surface area contributed by atoms with Crippen LogP contribution in [-0.4, -0.2) is 54.8 Å². The summed E-state index contributed by atoms with van der Waals surface area (Å²) in [5, 5.41) is 2.63. The monoisotopic (exact) mass is 534 g/mol. The molecule has 1 aliphatic heterocycles. The molecule has 1 aromatic carbocycles. The molecule has 37 heavy (non-hydrogen) atoms. The zero-order chi connectivity index (χ0) is 26.6. The van der Waals surface area contributed by atoms with Gasteiger partial charge in [-0.2, -0.15) is 0 Å². The van der Waals surface area contributed by atoms with Gasteiger partial charge < -0.3 is 14.8 Å². The number of benzene rings is 1. The van der Waals surface area contributed by atoms with Crippen molar-refractivity contribution in [1.29, 1.82) is 0 Å². The van der Waals surface area contributed by atoms with Crippen LogP contribution < -0.4 is 19.7 Å². The van der Waals surface area contributed by atoms with Gasteiger partial charge in [0.2, 0.25) is 5.91 Å². The number of carbonyl (C=O) groups is 2. The molecule has 0 unspecified atom stereocenters. The summed E-state index contributed by atoms with van der Waals surface area (Å²) in [5.74, 6) is -0.0335. The smallest absolute Gasteiger partial charge is 0.497 e. The lowest BCUT2D eigenvalue weighted by molar-refractivity contribution is -0.274. The van der Waals surface area contributed by atoms with E-state index in [1.807, 2.05) is 30.0 Å². The van der Waals surface area contributed by atoms with E-state index in [9.17, 15) is 22.8 Å². The number of rotatable bonds is 8. The van der Waals surface area contributed by atoms with E-state index in [2.05, 4.69) is 15.0 Å². The molecular weight excluding hydrogens is 509 g/mol. The normalized spacial score (nSPS) is 14.5. The van der Waals surface area contributed by atoms with E-state index in [1.54, 1.807) is 17.2 Å². The first-order valence-corrected chi connectivity index (χ1v) is 12.2. The third kappa shape index (κ3) is 6.77. The maximum Gasteiger partial charge on any atom is 0.573 e. The van der Waals surface area contributed by atoms with Crippen LogP contribution in [0.3, 0.4) is 0 Å². The Kier molecular flexibility index (Phi) is 7.98. The van der Waals surface area contributed by atoms with Gasteiger partial charge >= 0.3 is 6.36 Å². The van der Waals surface area contributed by atoms with Crippen molar-refractivity contribution in [3.05, 3.63) is 69.5 Å². The van der Waals surface area contributed by atoms with Crippen LogP contribution in [0.2, 0.25) is 0 Å². The fourth-order valence-corrected chi connectivity index (χ4v) is 4.90. The minimum atomic E-state index is -4.88. The Balaban J connectivity index is 1.34. The molecule has 0 saturated carbocycles. The van der Waals surface area contributed by atoms with Crippen LogP contribution in [-0.2, 0) is 17.9 Å². The summed E-state index contributed by atoms with van der Waals surface area (Å²) in [6.45, 7) is 3.65. The van der Waals surface area contributed by atoms with E-state index in [4.69, 9.17) is 4.74 Å². The van der Waals surface area contributed by atoms with E-state index in [-0.39, 0.29) is 30.3 Å². The highest BCUT2D eigenvalue weighted by atomic mass is 32.1. The molecule has 0 atom stereocenters. The maximum absolute atomic E-state index is 12.8. The zero-order valence-electron chi connectivity index (χ0n) is 20.2. The second kappa shape index (κ2) is 11.2. The molecule has 4 rings (SSSR count). The first-order valence-electron chi connectivity index (χ1n) is 11.4. The third-order valence-corrected chi connectivity index (χ3v) is 6.81. The van der Waals surface area contributed by atoms with Crippen molar-refractivity contribution in [2.75, 3.05) is 31.6 Å². The van der Waals surface area contributed by atoms with Crippen molar-refractivity contribution in [1.82, 2.24) is 15.2 Å². The first-order chi connectivity index (χ1) is 17.6. The highest BCUT2D eigenvalue weighted by molar-refractivity contribution is 7.14. The van der Waals surface area contributed by atoms with Crippen LogP contribution in [0.15, 0.2) is 48.7 Å². The van der Waals surface area contributed by atoms with Gasteiger partial charge in [0.15, 0.2) is 0 Å². The first kappa shape index (κ1) is 26.4. The summed E-state index contributed by atoms with van der Waals surface area (Å²) < 4.78 is 47.4. The lowest BCUT2D eigenvalue weighted by Crippen LogP contribution is -2.50. The molecule has 12 heteroatoms. The molecule has 1 aliphatic rings. The van der Waals surface area contributed by atoms with E-state index < -0.39 is 18.0 Å². The van der Waals surface area contributed by atoms with Crippen molar-refractivity contribution in [3.63, 3.8) is 0 Å². The molecular formula is C25H25F3N4O4S. The summed E-state index contributed by atoms with van der Waals surface area (Å²) in [5.41, 5.74) is 1.09. The molecule has 0 aliphatic carbocycles.